The molecule has 0 spiro atoms. The minimum absolute atomic E-state index is 0.285. The Balaban J connectivity index is 1.69. The maximum Gasteiger partial charge on any atom is 0.274 e. The summed E-state index contributed by atoms with van der Waals surface area (Å²) in [6, 6.07) is 9.31. The fraction of sp³-hybridized carbons (Fsp3) is 0.0952. The number of nitrogens with one attached hydrogen (secondary N) is 2. The molecule has 8 heteroatoms. The summed E-state index contributed by atoms with van der Waals surface area (Å²) in [5.41, 5.74) is 5.05. The first-order chi connectivity index (χ1) is 14.0. The summed E-state index contributed by atoms with van der Waals surface area (Å²) in [5.74, 6) is -0.344. The second-order valence-electron chi connectivity index (χ2n) is 6.56. The van der Waals surface area contributed by atoms with Crippen molar-refractivity contribution in [2.45, 2.75) is 13.8 Å². The highest BCUT2D eigenvalue weighted by molar-refractivity contribution is 6.30. The third-order valence-corrected chi connectivity index (χ3v) is 4.99. The Morgan fingerprint density at radius 3 is 2.76 bits per heavy atom. The van der Waals surface area contributed by atoms with E-state index in [1.165, 1.54) is 6.20 Å². The maximum absolute atomic E-state index is 12.8. The van der Waals surface area contributed by atoms with Crippen molar-refractivity contribution >= 4 is 34.1 Å². The number of nitrogens with zero attached hydrogens (tertiary/aromatic N) is 4. The molecule has 0 saturated carbocycles. The number of hydrogen-bond acceptors (Lipinski definition) is 5. The number of nitriles is 1. The van der Waals surface area contributed by atoms with Crippen molar-refractivity contribution in [3.63, 3.8) is 0 Å². The van der Waals surface area contributed by atoms with Crippen molar-refractivity contribution in [3.8, 4) is 17.3 Å². The van der Waals surface area contributed by atoms with E-state index in [-0.39, 0.29) is 11.6 Å². The fourth-order valence-electron chi connectivity index (χ4n) is 3.09. The molecule has 142 valence electrons. The number of anilines is 1. The van der Waals surface area contributed by atoms with Gasteiger partial charge in [0, 0.05) is 35.2 Å². The number of carbonyl (C=O) groups excluding carboxylic acids is 1. The van der Waals surface area contributed by atoms with Crippen LogP contribution in [0.5, 0.6) is 0 Å². The molecule has 3 aromatic heterocycles. The van der Waals surface area contributed by atoms with Gasteiger partial charge in [-0.1, -0.05) is 11.6 Å². The molecule has 0 radical (unpaired) electrons. The monoisotopic (exact) mass is 402 g/mol. The minimum Gasteiger partial charge on any atom is -0.321 e. The number of aromatic nitrogens is 4. The summed E-state index contributed by atoms with van der Waals surface area (Å²) in [6.07, 6.45) is 4.65. The molecule has 0 aliphatic heterocycles. The van der Waals surface area contributed by atoms with E-state index in [0.29, 0.717) is 27.5 Å². The molecule has 0 atom stereocenters. The van der Waals surface area contributed by atoms with Gasteiger partial charge >= 0.3 is 0 Å². The smallest absolute Gasteiger partial charge is 0.274 e. The van der Waals surface area contributed by atoms with Crippen LogP contribution in [0.3, 0.4) is 0 Å². The Morgan fingerprint density at radius 1 is 1.17 bits per heavy atom. The van der Waals surface area contributed by atoms with E-state index in [4.69, 9.17) is 16.9 Å². The number of hydrogen-bond donors (Lipinski definition) is 2. The van der Waals surface area contributed by atoms with Gasteiger partial charge in [-0.05, 0) is 49.2 Å². The molecule has 0 aliphatic carbocycles. The fourth-order valence-corrected chi connectivity index (χ4v) is 3.26. The number of halogens is 1. The van der Waals surface area contributed by atoms with Crippen LogP contribution in [0.4, 0.5) is 5.69 Å². The SMILES string of the molecule is Cc1c(C#N)cnc(C(=O)Nc2ccc3[nH]nc(-c4cncc(Cl)c4)c3c2)c1C. The largest absolute Gasteiger partial charge is 0.321 e. The van der Waals surface area contributed by atoms with Crippen molar-refractivity contribution in [1.82, 2.24) is 20.2 Å². The molecule has 0 aliphatic rings. The topological polar surface area (TPSA) is 107 Å². The summed E-state index contributed by atoms with van der Waals surface area (Å²) in [6.45, 7) is 3.58. The number of aromatic amines is 1. The number of fused-ring (bicyclic) bond motifs is 1. The van der Waals surface area contributed by atoms with E-state index >= 15 is 0 Å². The van der Waals surface area contributed by atoms with Gasteiger partial charge in [-0.3, -0.25) is 14.9 Å². The summed E-state index contributed by atoms with van der Waals surface area (Å²) in [7, 11) is 0. The molecular formula is C21H15ClN6O. The van der Waals surface area contributed by atoms with Gasteiger partial charge in [-0.2, -0.15) is 10.4 Å². The normalized spacial score (nSPS) is 10.7. The lowest BCUT2D eigenvalue weighted by atomic mass is 10.0. The van der Waals surface area contributed by atoms with Crippen LogP contribution in [0.15, 0.2) is 42.9 Å². The predicted octanol–water partition coefficient (Wildman–Crippen LogP) is 4.41. The zero-order valence-corrected chi connectivity index (χ0v) is 16.4. The van der Waals surface area contributed by atoms with Gasteiger partial charge in [0.1, 0.15) is 17.5 Å². The van der Waals surface area contributed by atoms with Gasteiger partial charge in [0.2, 0.25) is 0 Å². The molecule has 0 saturated heterocycles. The first kappa shape index (κ1) is 18.6. The van der Waals surface area contributed by atoms with Crippen LogP contribution in [-0.4, -0.2) is 26.1 Å². The summed E-state index contributed by atoms with van der Waals surface area (Å²) < 4.78 is 0. The summed E-state index contributed by atoms with van der Waals surface area (Å²) in [4.78, 5) is 21.0. The van der Waals surface area contributed by atoms with Crippen LogP contribution < -0.4 is 5.32 Å². The average molecular weight is 403 g/mol. The predicted molar refractivity (Wildman–Crippen MR) is 111 cm³/mol. The molecule has 1 amide bonds. The molecule has 3 heterocycles. The first-order valence-electron chi connectivity index (χ1n) is 8.74. The summed E-state index contributed by atoms with van der Waals surface area (Å²) >= 11 is 6.05. The third kappa shape index (κ3) is 3.42. The standard InChI is InChI=1S/C21H15ClN6O/c1-11-12(2)19(25-9-14(11)7-23)21(29)26-16-3-4-18-17(6-16)20(28-27-18)13-5-15(22)10-24-8-13/h3-6,8-10H,1-2H3,(H,26,29)(H,27,28). The molecule has 4 aromatic rings. The van der Waals surface area contributed by atoms with E-state index in [1.54, 1.807) is 38.4 Å². The molecule has 0 fully saturated rings. The van der Waals surface area contributed by atoms with E-state index in [9.17, 15) is 4.79 Å². The number of benzene rings is 1. The lowest BCUT2D eigenvalue weighted by molar-refractivity contribution is 0.102. The second-order valence-corrected chi connectivity index (χ2v) is 7.00. The number of carbonyl (C=O) groups is 1. The van der Waals surface area contributed by atoms with Crippen LogP contribution in [-0.2, 0) is 0 Å². The van der Waals surface area contributed by atoms with Gasteiger partial charge in [0.25, 0.3) is 5.91 Å². The molecule has 1 aromatic carbocycles. The Labute approximate surface area is 171 Å². The van der Waals surface area contributed by atoms with Gasteiger partial charge in [0.05, 0.1) is 16.1 Å². The third-order valence-electron chi connectivity index (χ3n) is 4.78. The van der Waals surface area contributed by atoms with Crippen molar-refractivity contribution in [1.29, 1.82) is 5.26 Å². The van der Waals surface area contributed by atoms with Gasteiger partial charge in [-0.25, -0.2) is 4.98 Å². The zero-order valence-electron chi connectivity index (χ0n) is 15.6. The van der Waals surface area contributed by atoms with E-state index in [1.807, 2.05) is 12.1 Å². The highest BCUT2D eigenvalue weighted by Crippen LogP contribution is 2.29. The molecule has 4 rings (SSSR count). The zero-order chi connectivity index (χ0) is 20.5. The highest BCUT2D eigenvalue weighted by atomic mass is 35.5. The number of rotatable bonds is 3. The first-order valence-corrected chi connectivity index (χ1v) is 9.12. The maximum atomic E-state index is 12.8. The van der Waals surface area contributed by atoms with Crippen LogP contribution >= 0.6 is 11.6 Å². The number of pyridine rings is 2. The van der Waals surface area contributed by atoms with E-state index in [0.717, 1.165) is 22.0 Å². The Kier molecular flexibility index (Phi) is 4.71. The molecule has 2 N–H and O–H groups in total. The lowest BCUT2D eigenvalue weighted by Gasteiger charge is -2.10. The quantitative estimate of drug-likeness (QED) is 0.527. The van der Waals surface area contributed by atoms with Crippen molar-refractivity contribution in [2.75, 3.05) is 5.32 Å². The van der Waals surface area contributed by atoms with E-state index in [2.05, 4.69) is 31.6 Å². The summed E-state index contributed by atoms with van der Waals surface area (Å²) in [5, 5.41) is 20.6. The Hall–Kier alpha value is -3.76. The molecule has 7 nitrogen and oxygen atoms in total. The molecular weight excluding hydrogens is 388 g/mol. The lowest BCUT2D eigenvalue weighted by Crippen LogP contribution is -2.16. The van der Waals surface area contributed by atoms with Crippen molar-refractivity contribution in [3.05, 3.63) is 70.3 Å². The highest BCUT2D eigenvalue weighted by Gasteiger charge is 2.16. The van der Waals surface area contributed by atoms with Crippen molar-refractivity contribution < 1.29 is 4.79 Å². The second kappa shape index (κ2) is 7.34. The number of H-pyrrole nitrogens is 1. The molecule has 0 unspecified atom stereocenters. The van der Waals surface area contributed by atoms with Crippen LogP contribution in [0.2, 0.25) is 5.02 Å². The minimum atomic E-state index is -0.344. The van der Waals surface area contributed by atoms with E-state index < -0.39 is 0 Å². The van der Waals surface area contributed by atoms with Gasteiger partial charge < -0.3 is 5.32 Å². The Morgan fingerprint density at radius 2 is 2.00 bits per heavy atom. The molecule has 0 bridgehead atoms. The van der Waals surface area contributed by atoms with Crippen LogP contribution in [0.25, 0.3) is 22.2 Å². The van der Waals surface area contributed by atoms with Crippen LogP contribution in [0.1, 0.15) is 27.2 Å². The van der Waals surface area contributed by atoms with Gasteiger partial charge in [0.15, 0.2) is 0 Å². The average Bonchev–Trinajstić information content (AvgIpc) is 3.13. The van der Waals surface area contributed by atoms with Crippen LogP contribution in [0, 0.1) is 25.2 Å². The Bertz CT molecular complexity index is 1300. The molecule has 29 heavy (non-hydrogen) atoms. The number of amides is 1. The van der Waals surface area contributed by atoms with Crippen molar-refractivity contribution in [2.24, 2.45) is 0 Å². The van der Waals surface area contributed by atoms with Gasteiger partial charge in [-0.15, -0.1) is 0 Å².